The van der Waals surface area contributed by atoms with Crippen LogP contribution in [0.4, 0.5) is 0 Å². The molecule has 0 aliphatic carbocycles. The highest BCUT2D eigenvalue weighted by atomic mass is 17.2. The van der Waals surface area contributed by atoms with Crippen LogP contribution in [0.15, 0.2) is 18.2 Å². The van der Waals surface area contributed by atoms with Crippen molar-refractivity contribution in [2.75, 3.05) is 6.61 Å². The Morgan fingerprint density at radius 1 is 1.12 bits per heavy atom. The monoisotopic (exact) mass is 236 g/mol. The number of hydrogen-bond donors (Lipinski definition) is 0. The molecule has 0 heterocycles. The normalized spacial score (nSPS) is 14.6. The van der Waals surface area contributed by atoms with Gasteiger partial charge in [-0.15, -0.1) is 0 Å². The first kappa shape index (κ1) is 14.2. The SMILES string of the molecule is CCOOC(c1c(C)cccc1C)C(C)CC. The molecule has 0 aliphatic rings. The Hall–Kier alpha value is -0.860. The summed E-state index contributed by atoms with van der Waals surface area (Å²) in [6.45, 7) is 11.2. The van der Waals surface area contributed by atoms with Gasteiger partial charge in [-0.05, 0) is 43.4 Å². The number of hydrogen-bond acceptors (Lipinski definition) is 2. The molecule has 17 heavy (non-hydrogen) atoms. The summed E-state index contributed by atoms with van der Waals surface area (Å²) in [6.07, 6.45) is 1.10. The summed E-state index contributed by atoms with van der Waals surface area (Å²) in [5.74, 6) is 0.446. The van der Waals surface area contributed by atoms with E-state index in [1.807, 2.05) is 6.92 Å². The Balaban J connectivity index is 3.03. The minimum Gasteiger partial charge on any atom is -0.236 e. The first-order valence-corrected chi connectivity index (χ1v) is 6.46. The predicted octanol–water partition coefficient (Wildman–Crippen LogP) is 4.36. The lowest BCUT2D eigenvalue weighted by molar-refractivity contribution is -0.333. The standard InChI is InChI=1S/C15H24O2/c1-6-11(3)15(17-16-7-2)14-12(4)9-8-10-13(14)5/h8-11,15H,6-7H2,1-5H3. The van der Waals surface area contributed by atoms with Gasteiger partial charge in [0.2, 0.25) is 0 Å². The van der Waals surface area contributed by atoms with Crippen LogP contribution in [-0.4, -0.2) is 6.61 Å². The molecular formula is C15H24O2. The molecule has 0 spiro atoms. The van der Waals surface area contributed by atoms with Gasteiger partial charge in [-0.1, -0.05) is 38.5 Å². The van der Waals surface area contributed by atoms with E-state index in [-0.39, 0.29) is 6.10 Å². The third kappa shape index (κ3) is 3.55. The first-order valence-electron chi connectivity index (χ1n) is 6.46. The van der Waals surface area contributed by atoms with Crippen LogP contribution in [0.2, 0.25) is 0 Å². The van der Waals surface area contributed by atoms with Gasteiger partial charge in [0.25, 0.3) is 0 Å². The minimum atomic E-state index is 0.0288. The largest absolute Gasteiger partial charge is 0.236 e. The molecule has 0 amide bonds. The molecule has 2 atom stereocenters. The van der Waals surface area contributed by atoms with Gasteiger partial charge in [0.1, 0.15) is 6.10 Å². The number of benzene rings is 1. The molecular weight excluding hydrogens is 212 g/mol. The molecule has 2 unspecified atom stereocenters. The van der Waals surface area contributed by atoms with Crippen molar-refractivity contribution >= 4 is 0 Å². The van der Waals surface area contributed by atoms with Gasteiger partial charge >= 0.3 is 0 Å². The lowest BCUT2D eigenvalue weighted by Gasteiger charge is -2.25. The molecule has 96 valence electrons. The molecule has 1 aromatic carbocycles. The van der Waals surface area contributed by atoms with Crippen LogP contribution in [0.25, 0.3) is 0 Å². The van der Waals surface area contributed by atoms with E-state index in [0.29, 0.717) is 12.5 Å². The van der Waals surface area contributed by atoms with Gasteiger partial charge < -0.3 is 0 Å². The molecule has 0 N–H and O–H groups in total. The average Bonchev–Trinajstić information content (AvgIpc) is 2.32. The quantitative estimate of drug-likeness (QED) is 0.539. The van der Waals surface area contributed by atoms with Crippen LogP contribution < -0.4 is 0 Å². The number of aryl methyl sites for hydroxylation is 2. The third-order valence-corrected chi connectivity index (χ3v) is 3.28. The molecule has 0 saturated heterocycles. The second kappa shape index (κ2) is 6.77. The molecule has 0 saturated carbocycles. The van der Waals surface area contributed by atoms with E-state index in [1.165, 1.54) is 16.7 Å². The maximum atomic E-state index is 5.59. The molecule has 1 aromatic rings. The van der Waals surface area contributed by atoms with E-state index >= 15 is 0 Å². The van der Waals surface area contributed by atoms with E-state index in [2.05, 4.69) is 45.9 Å². The summed E-state index contributed by atoms with van der Waals surface area (Å²) in [6, 6.07) is 6.35. The topological polar surface area (TPSA) is 18.5 Å². The van der Waals surface area contributed by atoms with Crippen LogP contribution in [-0.2, 0) is 9.78 Å². The Morgan fingerprint density at radius 3 is 2.18 bits per heavy atom. The summed E-state index contributed by atoms with van der Waals surface area (Å²) >= 11 is 0. The lowest BCUT2D eigenvalue weighted by atomic mass is 9.89. The Labute approximate surface area is 105 Å². The van der Waals surface area contributed by atoms with Crippen LogP contribution in [0.1, 0.15) is 50.0 Å². The van der Waals surface area contributed by atoms with E-state index in [9.17, 15) is 0 Å². The van der Waals surface area contributed by atoms with Crippen LogP contribution in [0.5, 0.6) is 0 Å². The van der Waals surface area contributed by atoms with Crippen LogP contribution in [0.3, 0.4) is 0 Å². The van der Waals surface area contributed by atoms with Gasteiger partial charge in [-0.2, -0.15) is 0 Å². The third-order valence-electron chi connectivity index (χ3n) is 3.28. The molecule has 0 bridgehead atoms. The predicted molar refractivity (Wildman–Crippen MR) is 70.8 cm³/mol. The summed E-state index contributed by atoms with van der Waals surface area (Å²) in [7, 11) is 0. The maximum absolute atomic E-state index is 5.59. The zero-order valence-corrected chi connectivity index (χ0v) is 11.6. The summed E-state index contributed by atoms with van der Waals surface area (Å²) in [4.78, 5) is 10.8. The zero-order chi connectivity index (χ0) is 12.8. The highest BCUT2D eigenvalue weighted by molar-refractivity contribution is 5.35. The van der Waals surface area contributed by atoms with Crippen molar-refractivity contribution in [3.05, 3.63) is 34.9 Å². The maximum Gasteiger partial charge on any atom is 0.121 e. The van der Waals surface area contributed by atoms with E-state index < -0.39 is 0 Å². The molecule has 1 rings (SSSR count). The fourth-order valence-corrected chi connectivity index (χ4v) is 2.06. The van der Waals surface area contributed by atoms with Crippen molar-refractivity contribution in [3.8, 4) is 0 Å². The highest BCUT2D eigenvalue weighted by Gasteiger charge is 2.23. The van der Waals surface area contributed by atoms with E-state index in [1.54, 1.807) is 0 Å². The average molecular weight is 236 g/mol. The Bertz CT molecular complexity index is 327. The van der Waals surface area contributed by atoms with Gasteiger partial charge in [0.05, 0.1) is 6.61 Å². The zero-order valence-electron chi connectivity index (χ0n) is 11.6. The van der Waals surface area contributed by atoms with Crippen molar-refractivity contribution in [1.29, 1.82) is 0 Å². The van der Waals surface area contributed by atoms with Crippen molar-refractivity contribution in [3.63, 3.8) is 0 Å². The van der Waals surface area contributed by atoms with Crippen LogP contribution >= 0.6 is 0 Å². The van der Waals surface area contributed by atoms with Crippen molar-refractivity contribution < 1.29 is 9.78 Å². The molecule has 2 nitrogen and oxygen atoms in total. The fourth-order valence-electron chi connectivity index (χ4n) is 2.06. The smallest absolute Gasteiger partial charge is 0.121 e. The summed E-state index contributed by atoms with van der Waals surface area (Å²) in [5, 5.41) is 0. The Morgan fingerprint density at radius 2 is 1.71 bits per heavy atom. The van der Waals surface area contributed by atoms with E-state index in [4.69, 9.17) is 9.78 Å². The molecule has 0 radical (unpaired) electrons. The summed E-state index contributed by atoms with van der Waals surface area (Å²) in [5.41, 5.74) is 3.82. The molecule has 0 fully saturated rings. The molecule has 0 aromatic heterocycles. The fraction of sp³-hybridized carbons (Fsp3) is 0.600. The van der Waals surface area contributed by atoms with Gasteiger partial charge in [0.15, 0.2) is 0 Å². The van der Waals surface area contributed by atoms with Crippen molar-refractivity contribution in [2.45, 2.75) is 47.1 Å². The van der Waals surface area contributed by atoms with Gasteiger partial charge in [-0.3, -0.25) is 0 Å². The first-order chi connectivity index (χ1) is 8.11. The second-order valence-electron chi connectivity index (χ2n) is 4.61. The molecule has 0 aliphatic heterocycles. The highest BCUT2D eigenvalue weighted by Crippen LogP contribution is 2.32. The van der Waals surface area contributed by atoms with Crippen LogP contribution in [0, 0.1) is 19.8 Å². The number of rotatable bonds is 6. The second-order valence-corrected chi connectivity index (χ2v) is 4.61. The van der Waals surface area contributed by atoms with Gasteiger partial charge in [0, 0.05) is 0 Å². The molecule has 2 heteroatoms. The Kier molecular flexibility index (Phi) is 5.66. The van der Waals surface area contributed by atoms with Crippen molar-refractivity contribution in [1.82, 2.24) is 0 Å². The van der Waals surface area contributed by atoms with Crippen molar-refractivity contribution in [2.24, 2.45) is 5.92 Å². The summed E-state index contributed by atoms with van der Waals surface area (Å²) < 4.78 is 0. The van der Waals surface area contributed by atoms with E-state index in [0.717, 1.165) is 6.42 Å². The van der Waals surface area contributed by atoms with Gasteiger partial charge in [-0.25, -0.2) is 9.78 Å². The minimum absolute atomic E-state index is 0.0288. The lowest BCUT2D eigenvalue weighted by Crippen LogP contribution is -2.16.